The molecule has 0 rings (SSSR count). The zero-order chi connectivity index (χ0) is 14.3. The largest absolute Gasteiger partial charge is 0.480 e. The van der Waals surface area contributed by atoms with E-state index < -0.39 is 12.0 Å². The van der Waals surface area contributed by atoms with Crippen molar-refractivity contribution in [1.29, 1.82) is 0 Å². The summed E-state index contributed by atoms with van der Waals surface area (Å²) in [5.41, 5.74) is -0.368. The molecule has 0 saturated carbocycles. The van der Waals surface area contributed by atoms with Crippen molar-refractivity contribution in [2.75, 3.05) is 19.6 Å². The second-order valence-corrected chi connectivity index (χ2v) is 4.86. The maximum Gasteiger partial charge on any atom is 0.323 e. The first-order valence-corrected chi connectivity index (χ1v) is 5.71. The van der Waals surface area contributed by atoms with Crippen LogP contribution in [0.5, 0.6) is 0 Å². The molecule has 18 heavy (non-hydrogen) atoms. The van der Waals surface area contributed by atoms with E-state index in [9.17, 15) is 14.4 Å². The van der Waals surface area contributed by atoms with E-state index >= 15 is 0 Å². The fourth-order valence-electron chi connectivity index (χ4n) is 1.22. The number of carboxylic acids is 1. The molecule has 3 N–H and O–H groups in total. The third-order valence-electron chi connectivity index (χ3n) is 1.91. The van der Waals surface area contributed by atoms with Crippen LogP contribution >= 0.6 is 0 Å². The molecule has 7 nitrogen and oxygen atoms in total. The van der Waals surface area contributed by atoms with Crippen LogP contribution in [0.3, 0.4) is 0 Å². The quantitative estimate of drug-likeness (QED) is 0.648. The fourth-order valence-corrected chi connectivity index (χ4v) is 1.22. The van der Waals surface area contributed by atoms with Gasteiger partial charge in [0.1, 0.15) is 6.54 Å². The van der Waals surface area contributed by atoms with Gasteiger partial charge in [0.2, 0.25) is 5.91 Å². The van der Waals surface area contributed by atoms with Crippen LogP contribution in [-0.2, 0) is 9.59 Å². The van der Waals surface area contributed by atoms with Gasteiger partial charge in [0.25, 0.3) is 0 Å². The van der Waals surface area contributed by atoms with Crippen LogP contribution in [0.25, 0.3) is 0 Å². The Balaban J connectivity index is 4.16. The van der Waals surface area contributed by atoms with Gasteiger partial charge in [0.15, 0.2) is 0 Å². The average molecular weight is 259 g/mol. The van der Waals surface area contributed by atoms with Crippen molar-refractivity contribution in [1.82, 2.24) is 15.5 Å². The smallest absolute Gasteiger partial charge is 0.323 e. The Morgan fingerprint density at radius 3 is 2.17 bits per heavy atom. The van der Waals surface area contributed by atoms with Crippen molar-refractivity contribution in [2.45, 2.75) is 33.2 Å². The van der Waals surface area contributed by atoms with Gasteiger partial charge in [-0.2, -0.15) is 0 Å². The molecule has 0 aliphatic heterocycles. The lowest BCUT2D eigenvalue weighted by atomic mass is 10.1. The predicted molar refractivity (Wildman–Crippen MR) is 66.2 cm³/mol. The number of likely N-dealkylation sites (N-methyl/N-ethyl adjacent to an activating group) is 1. The van der Waals surface area contributed by atoms with Crippen molar-refractivity contribution in [3.8, 4) is 0 Å². The molecular weight excluding hydrogens is 238 g/mol. The zero-order valence-corrected chi connectivity index (χ0v) is 11.2. The van der Waals surface area contributed by atoms with E-state index in [1.807, 2.05) is 20.8 Å². The maximum atomic E-state index is 11.6. The highest BCUT2D eigenvalue weighted by atomic mass is 16.4. The second kappa shape index (κ2) is 6.83. The van der Waals surface area contributed by atoms with Gasteiger partial charge in [-0.3, -0.25) is 9.59 Å². The molecule has 0 heterocycles. The van der Waals surface area contributed by atoms with E-state index in [0.29, 0.717) is 0 Å². The Labute approximate surface area is 107 Å². The molecule has 0 saturated heterocycles. The first-order valence-electron chi connectivity index (χ1n) is 5.71. The summed E-state index contributed by atoms with van der Waals surface area (Å²) in [7, 11) is 0. The standard InChI is InChI=1S/C11H21N3O4/c1-5-14(7-9(16)17)10(18)12-6-8(15)13-11(2,3)4/h5-7H2,1-4H3,(H,12,18)(H,13,15)(H,16,17). The minimum Gasteiger partial charge on any atom is -0.480 e. The Bertz CT molecular complexity index is 323. The number of carbonyl (C=O) groups is 3. The molecule has 0 spiro atoms. The predicted octanol–water partition coefficient (Wildman–Crippen LogP) is 0.0172. The van der Waals surface area contributed by atoms with E-state index in [2.05, 4.69) is 10.6 Å². The summed E-state index contributed by atoms with van der Waals surface area (Å²) in [4.78, 5) is 34.6. The van der Waals surface area contributed by atoms with Crippen molar-refractivity contribution in [3.05, 3.63) is 0 Å². The summed E-state index contributed by atoms with van der Waals surface area (Å²) in [5, 5.41) is 13.6. The van der Waals surface area contributed by atoms with Crippen LogP contribution < -0.4 is 10.6 Å². The number of nitrogens with one attached hydrogen (secondary N) is 2. The number of urea groups is 1. The summed E-state index contributed by atoms with van der Waals surface area (Å²) in [6, 6.07) is -0.566. The van der Waals surface area contributed by atoms with Crippen molar-refractivity contribution < 1.29 is 19.5 Å². The Hall–Kier alpha value is -1.79. The molecule has 0 aliphatic carbocycles. The third-order valence-corrected chi connectivity index (χ3v) is 1.91. The average Bonchev–Trinajstić information content (AvgIpc) is 2.19. The Kier molecular flexibility index (Phi) is 6.15. The highest BCUT2D eigenvalue weighted by Crippen LogP contribution is 1.97. The number of carboxylic acid groups (broad SMARTS) is 1. The van der Waals surface area contributed by atoms with Gasteiger partial charge < -0.3 is 20.6 Å². The Morgan fingerprint density at radius 1 is 1.22 bits per heavy atom. The zero-order valence-electron chi connectivity index (χ0n) is 11.2. The SMILES string of the molecule is CCN(CC(=O)O)C(=O)NCC(=O)NC(C)(C)C. The molecule has 104 valence electrons. The van der Waals surface area contributed by atoms with E-state index in [1.54, 1.807) is 6.92 Å². The van der Waals surface area contributed by atoms with Crippen molar-refractivity contribution >= 4 is 17.9 Å². The number of rotatable bonds is 5. The molecule has 0 aromatic heterocycles. The van der Waals surface area contributed by atoms with Gasteiger partial charge in [-0.1, -0.05) is 0 Å². The lowest BCUT2D eigenvalue weighted by Crippen LogP contribution is -2.49. The lowest BCUT2D eigenvalue weighted by Gasteiger charge is -2.22. The summed E-state index contributed by atoms with van der Waals surface area (Å²) in [6.45, 7) is 6.85. The highest BCUT2D eigenvalue weighted by Gasteiger charge is 2.17. The van der Waals surface area contributed by atoms with Crippen LogP contribution in [0.1, 0.15) is 27.7 Å². The number of nitrogens with zero attached hydrogens (tertiary/aromatic N) is 1. The van der Waals surface area contributed by atoms with Crippen LogP contribution in [0.4, 0.5) is 4.79 Å². The summed E-state index contributed by atoms with van der Waals surface area (Å²) in [5.74, 6) is -1.41. The molecule has 0 radical (unpaired) electrons. The van der Waals surface area contributed by atoms with Gasteiger partial charge in [-0.25, -0.2) is 4.79 Å². The van der Waals surface area contributed by atoms with Crippen LogP contribution in [0.2, 0.25) is 0 Å². The van der Waals surface area contributed by atoms with E-state index in [-0.39, 0.29) is 31.1 Å². The Morgan fingerprint density at radius 2 is 1.78 bits per heavy atom. The fraction of sp³-hybridized carbons (Fsp3) is 0.727. The summed E-state index contributed by atoms with van der Waals surface area (Å²) >= 11 is 0. The normalized spacial score (nSPS) is 10.7. The number of carbonyl (C=O) groups excluding carboxylic acids is 2. The summed E-state index contributed by atoms with van der Waals surface area (Å²) in [6.07, 6.45) is 0. The number of hydrogen-bond donors (Lipinski definition) is 3. The monoisotopic (exact) mass is 259 g/mol. The topological polar surface area (TPSA) is 98.7 Å². The van der Waals surface area contributed by atoms with Gasteiger partial charge in [-0.15, -0.1) is 0 Å². The molecule has 0 bridgehead atoms. The number of amides is 3. The van der Waals surface area contributed by atoms with Gasteiger partial charge >= 0.3 is 12.0 Å². The minimum atomic E-state index is -1.09. The van der Waals surface area contributed by atoms with E-state index in [4.69, 9.17) is 5.11 Å². The van der Waals surface area contributed by atoms with Crippen molar-refractivity contribution in [2.24, 2.45) is 0 Å². The van der Waals surface area contributed by atoms with Gasteiger partial charge in [-0.05, 0) is 27.7 Å². The van der Waals surface area contributed by atoms with Crippen LogP contribution in [0.15, 0.2) is 0 Å². The van der Waals surface area contributed by atoms with Crippen molar-refractivity contribution in [3.63, 3.8) is 0 Å². The summed E-state index contributed by atoms with van der Waals surface area (Å²) < 4.78 is 0. The maximum absolute atomic E-state index is 11.6. The van der Waals surface area contributed by atoms with Gasteiger partial charge in [0, 0.05) is 12.1 Å². The molecule has 3 amide bonds. The first-order chi connectivity index (χ1) is 8.15. The highest BCUT2D eigenvalue weighted by molar-refractivity contribution is 5.85. The van der Waals surface area contributed by atoms with E-state index in [0.717, 1.165) is 4.90 Å². The van der Waals surface area contributed by atoms with Crippen LogP contribution in [-0.4, -0.2) is 53.1 Å². The first kappa shape index (κ1) is 16.2. The van der Waals surface area contributed by atoms with E-state index in [1.165, 1.54) is 0 Å². The number of hydrogen-bond acceptors (Lipinski definition) is 3. The molecule has 0 atom stereocenters. The molecule has 0 aromatic carbocycles. The molecule has 0 unspecified atom stereocenters. The lowest BCUT2D eigenvalue weighted by molar-refractivity contribution is -0.137. The molecular formula is C11H21N3O4. The second-order valence-electron chi connectivity index (χ2n) is 4.86. The minimum absolute atomic E-state index is 0.174. The third kappa shape index (κ3) is 7.48. The van der Waals surface area contributed by atoms with Gasteiger partial charge in [0.05, 0.1) is 6.54 Å². The molecule has 0 aliphatic rings. The molecule has 0 aromatic rings. The number of aliphatic carboxylic acids is 1. The molecule has 7 heteroatoms. The molecule has 0 fully saturated rings. The van der Waals surface area contributed by atoms with Crippen LogP contribution in [0, 0.1) is 0 Å².